The normalized spacial score (nSPS) is 11.3. The Bertz CT molecular complexity index is 511. The predicted molar refractivity (Wildman–Crippen MR) is 63.8 cm³/mol. The maximum atomic E-state index is 13.1. The van der Waals surface area contributed by atoms with Crippen molar-refractivity contribution in [3.05, 3.63) is 41.2 Å². The molecular weight excluding hydrogens is 243 g/mol. The van der Waals surface area contributed by atoms with Gasteiger partial charge in [0.2, 0.25) is 0 Å². The van der Waals surface area contributed by atoms with Crippen LogP contribution in [-0.2, 0) is 14.3 Å². The van der Waals surface area contributed by atoms with E-state index < -0.39 is 22.6 Å². The zero-order valence-corrected chi connectivity index (χ0v) is 10.8. The van der Waals surface area contributed by atoms with Crippen molar-refractivity contribution >= 4 is 10.1 Å². The Morgan fingerprint density at radius 2 is 1.76 bits per heavy atom. The van der Waals surface area contributed by atoms with Gasteiger partial charge in [0.15, 0.2) is 0 Å². The monoisotopic (exact) mass is 258 g/mol. The van der Waals surface area contributed by atoms with Crippen molar-refractivity contribution in [3.63, 3.8) is 0 Å². The molecule has 17 heavy (non-hydrogen) atoms. The van der Waals surface area contributed by atoms with Crippen LogP contribution in [0.5, 0.6) is 0 Å². The van der Waals surface area contributed by atoms with Crippen LogP contribution >= 0.6 is 0 Å². The van der Waals surface area contributed by atoms with Crippen molar-refractivity contribution in [2.45, 2.75) is 25.7 Å². The molecule has 3 nitrogen and oxygen atoms in total. The predicted octanol–water partition coefficient (Wildman–Crippen LogP) is 2.96. The lowest BCUT2D eigenvalue weighted by atomic mass is 10.2. The second-order valence-electron chi connectivity index (χ2n) is 3.93. The van der Waals surface area contributed by atoms with Gasteiger partial charge in [-0.2, -0.15) is 8.42 Å². The summed E-state index contributed by atoms with van der Waals surface area (Å²) in [5, 5.41) is 0. The largest absolute Gasteiger partial charge is 0.297 e. The first-order chi connectivity index (χ1) is 7.83. The zero-order chi connectivity index (χ0) is 13.1. The molecule has 0 amide bonds. The van der Waals surface area contributed by atoms with E-state index in [9.17, 15) is 12.8 Å². The number of hydrogen-bond donors (Lipinski definition) is 0. The molecule has 0 unspecified atom stereocenters. The van der Waals surface area contributed by atoms with Crippen molar-refractivity contribution in [1.29, 1.82) is 0 Å². The molecule has 1 rings (SSSR count). The van der Waals surface area contributed by atoms with Crippen molar-refractivity contribution < 1.29 is 17.0 Å². The summed E-state index contributed by atoms with van der Waals surface area (Å²) in [6.07, 6.45) is 0. The number of allylic oxidation sites excluding steroid dienone is 1. The van der Waals surface area contributed by atoms with Crippen LogP contribution < -0.4 is 0 Å². The molecule has 94 valence electrons. The Morgan fingerprint density at radius 1 is 1.24 bits per heavy atom. The lowest BCUT2D eigenvalue weighted by molar-refractivity contribution is 0.317. The van der Waals surface area contributed by atoms with E-state index in [1.165, 1.54) is 12.1 Å². The molecule has 0 radical (unpaired) electrons. The second kappa shape index (κ2) is 5.42. The molecule has 1 aromatic rings. The first kappa shape index (κ1) is 13.9. The van der Waals surface area contributed by atoms with Gasteiger partial charge >= 0.3 is 0 Å². The van der Waals surface area contributed by atoms with Crippen LogP contribution in [0, 0.1) is 6.92 Å². The Hall–Kier alpha value is -1.20. The van der Waals surface area contributed by atoms with Gasteiger partial charge in [-0.05, 0) is 38.5 Å². The fourth-order valence-corrected chi connectivity index (χ4v) is 1.91. The molecule has 0 saturated carbocycles. The van der Waals surface area contributed by atoms with Gasteiger partial charge in [-0.1, -0.05) is 17.7 Å². The Balaban J connectivity index is 2.83. The van der Waals surface area contributed by atoms with Gasteiger partial charge in [0.25, 0.3) is 10.1 Å². The van der Waals surface area contributed by atoms with Crippen LogP contribution in [0.1, 0.15) is 19.4 Å². The highest BCUT2D eigenvalue weighted by molar-refractivity contribution is 7.86. The van der Waals surface area contributed by atoms with Crippen molar-refractivity contribution in [2.75, 3.05) is 6.61 Å². The summed E-state index contributed by atoms with van der Waals surface area (Å²) in [5.74, 6) is -0.569. The molecule has 0 fully saturated rings. The molecular formula is C12H15FO3S. The van der Waals surface area contributed by atoms with E-state index in [0.717, 1.165) is 5.56 Å². The average Bonchev–Trinajstić information content (AvgIpc) is 2.26. The summed E-state index contributed by atoms with van der Waals surface area (Å²) in [6, 6.07) is 6.19. The van der Waals surface area contributed by atoms with Gasteiger partial charge in [-0.25, -0.2) is 4.39 Å². The topological polar surface area (TPSA) is 43.4 Å². The summed E-state index contributed by atoms with van der Waals surface area (Å²) in [7, 11) is -3.88. The standard InChI is InChI=1S/C12H15FO3S/c1-9(2)12(13)8-16-17(14,15)11-6-4-10(3)5-7-11/h4-7H,8H2,1-3H3. The maximum Gasteiger partial charge on any atom is 0.297 e. The average molecular weight is 258 g/mol. The summed E-state index contributed by atoms with van der Waals surface area (Å²) in [6.45, 7) is 4.40. The summed E-state index contributed by atoms with van der Waals surface area (Å²) < 4.78 is 41.1. The Morgan fingerprint density at radius 3 is 2.24 bits per heavy atom. The smallest absolute Gasteiger partial charge is 0.259 e. The third-order valence-electron chi connectivity index (χ3n) is 2.19. The van der Waals surface area contributed by atoms with E-state index in [1.807, 2.05) is 6.92 Å². The molecule has 0 spiro atoms. The third-order valence-corrected chi connectivity index (χ3v) is 3.47. The molecule has 0 aromatic heterocycles. The highest BCUT2D eigenvalue weighted by atomic mass is 32.2. The highest BCUT2D eigenvalue weighted by Gasteiger charge is 2.15. The SMILES string of the molecule is CC(C)=C(F)COS(=O)(=O)c1ccc(C)cc1. The number of halogens is 1. The van der Waals surface area contributed by atoms with Crippen LogP contribution in [-0.4, -0.2) is 15.0 Å². The number of aryl methyl sites for hydroxylation is 1. The van der Waals surface area contributed by atoms with E-state index in [2.05, 4.69) is 4.18 Å². The van der Waals surface area contributed by atoms with Gasteiger partial charge in [-0.15, -0.1) is 0 Å². The van der Waals surface area contributed by atoms with E-state index >= 15 is 0 Å². The molecule has 0 saturated heterocycles. The van der Waals surface area contributed by atoms with Crippen LogP contribution in [0.2, 0.25) is 0 Å². The van der Waals surface area contributed by atoms with Crippen LogP contribution in [0.15, 0.2) is 40.6 Å². The van der Waals surface area contributed by atoms with E-state index in [-0.39, 0.29) is 4.90 Å². The fraction of sp³-hybridized carbons (Fsp3) is 0.333. The summed E-state index contributed by atoms with van der Waals surface area (Å²) >= 11 is 0. The molecule has 0 aliphatic carbocycles. The van der Waals surface area contributed by atoms with Crippen LogP contribution in [0.4, 0.5) is 4.39 Å². The minimum Gasteiger partial charge on any atom is -0.259 e. The molecule has 0 bridgehead atoms. The third kappa shape index (κ3) is 3.94. The summed E-state index contributed by atoms with van der Waals surface area (Å²) in [4.78, 5) is 0.0321. The molecule has 0 aliphatic heterocycles. The van der Waals surface area contributed by atoms with Crippen molar-refractivity contribution in [3.8, 4) is 0 Å². The highest BCUT2D eigenvalue weighted by Crippen LogP contribution is 2.15. The molecule has 0 heterocycles. The molecule has 1 aromatic carbocycles. The lowest BCUT2D eigenvalue weighted by Crippen LogP contribution is -2.08. The van der Waals surface area contributed by atoms with Gasteiger partial charge < -0.3 is 0 Å². The first-order valence-electron chi connectivity index (χ1n) is 5.11. The quantitative estimate of drug-likeness (QED) is 0.780. The Labute approximate surface area is 101 Å². The van der Waals surface area contributed by atoms with E-state index in [0.29, 0.717) is 5.57 Å². The second-order valence-corrected chi connectivity index (χ2v) is 5.55. The number of hydrogen-bond acceptors (Lipinski definition) is 3. The number of benzene rings is 1. The zero-order valence-electron chi connectivity index (χ0n) is 10.0. The lowest BCUT2D eigenvalue weighted by Gasteiger charge is -2.05. The number of rotatable bonds is 4. The molecule has 0 atom stereocenters. The molecule has 0 N–H and O–H groups in total. The summed E-state index contributed by atoms with van der Waals surface area (Å²) in [5.41, 5.74) is 1.35. The molecule has 0 aliphatic rings. The van der Waals surface area contributed by atoms with Gasteiger partial charge in [0.05, 0.1) is 4.90 Å². The first-order valence-corrected chi connectivity index (χ1v) is 6.51. The fourth-order valence-electron chi connectivity index (χ4n) is 1.05. The van der Waals surface area contributed by atoms with Crippen LogP contribution in [0.25, 0.3) is 0 Å². The van der Waals surface area contributed by atoms with Crippen molar-refractivity contribution in [1.82, 2.24) is 0 Å². The van der Waals surface area contributed by atoms with E-state index in [1.54, 1.807) is 26.0 Å². The minimum absolute atomic E-state index is 0.0321. The Kier molecular flexibility index (Phi) is 4.42. The van der Waals surface area contributed by atoms with Gasteiger partial charge in [0, 0.05) is 0 Å². The van der Waals surface area contributed by atoms with Gasteiger partial charge in [-0.3, -0.25) is 4.18 Å². The van der Waals surface area contributed by atoms with Crippen molar-refractivity contribution in [2.24, 2.45) is 0 Å². The maximum absolute atomic E-state index is 13.1. The minimum atomic E-state index is -3.88. The molecule has 5 heteroatoms. The van der Waals surface area contributed by atoms with Crippen LogP contribution in [0.3, 0.4) is 0 Å². The van der Waals surface area contributed by atoms with E-state index in [4.69, 9.17) is 0 Å². The van der Waals surface area contributed by atoms with Gasteiger partial charge in [0.1, 0.15) is 12.4 Å².